The number of ether oxygens (including phenoxy) is 1. The fraction of sp³-hybridized carbons (Fsp3) is 0.300. The monoisotopic (exact) mass is 402 g/mol. The molecule has 28 heavy (non-hydrogen) atoms. The van der Waals surface area contributed by atoms with Gasteiger partial charge >= 0.3 is 5.97 Å². The Kier molecular flexibility index (Phi) is 5.03. The van der Waals surface area contributed by atoms with Gasteiger partial charge in [0.1, 0.15) is 0 Å². The van der Waals surface area contributed by atoms with E-state index in [1.165, 1.54) is 20.2 Å². The van der Waals surface area contributed by atoms with E-state index >= 15 is 0 Å². The molecular weight excluding hydrogens is 380 g/mol. The molecule has 2 aromatic rings. The van der Waals surface area contributed by atoms with Crippen LogP contribution in [0, 0.1) is 6.92 Å². The van der Waals surface area contributed by atoms with Gasteiger partial charge < -0.3 is 10.1 Å². The number of carbonyl (C=O) groups excluding carboxylic acids is 2. The maximum Gasteiger partial charge on any atom is 0.339 e. The van der Waals surface area contributed by atoms with Crippen LogP contribution in [0.25, 0.3) is 0 Å². The van der Waals surface area contributed by atoms with Gasteiger partial charge in [0.05, 0.1) is 10.5 Å². The summed E-state index contributed by atoms with van der Waals surface area (Å²) in [5, 5.41) is 2.68. The van der Waals surface area contributed by atoms with Crippen LogP contribution in [0.4, 0.5) is 5.69 Å². The van der Waals surface area contributed by atoms with Crippen molar-refractivity contribution in [3.05, 3.63) is 59.2 Å². The molecule has 0 fully saturated rings. The summed E-state index contributed by atoms with van der Waals surface area (Å²) in [7, 11) is -0.769. The Balaban J connectivity index is 1.89. The first-order valence-corrected chi connectivity index (χ1v) is 10.1. The molecule has 0 spiro atoms. The average Bonchev–Trinajstić information content (AvgIpc) is 2.62. The third-order valence-corrected chi connectivity index (χ3v) is 6.73. The number of hydrogen-bond donors (Lipinski definition) is 1. The summed E-state index contributed by atoms with van der Waals surface area (Å²) in [4.78, 5) is 25.3. The van der Waals surface area contributed by atoms with Crippen molar-refractivity contribution in [1.82, 2.24) is 4.31 Å². The maximum atomic E-state index is 12.9. The molecule has 0 aliphatic carbocycles. The highest BCUT2D eigenvalue weighted by atomic mass is 32.2. The third kappa shape index (κ3) is 3.53. The first kappa shape index (κ1) is 20.0. The molecule has 0 saturated heterocycles. The predicted octanol–water partition coefficient (Wildman–Crippen LogP) is 2.36. The summed E-state index contributed by atoms with van der Waals surface area (Å²) in [5.74, 6) is -1.08. The molecule has 1 unspecified atom stereocenters. The fourth-order valence-electron chi connectivity index (χ4n) is 3.08. The molecule has 0 radical (unpaired) electrons. The van der Waals surface area contributed by atoms with Crippen LogP contribution >= 0.6 is 0 Å². The predicted molar refractivity (Wildman–Crippen MR) is 105 cm³/mol. The van der Waals surface area contributed by atoms with Crippen LogP contribution < -0.4 is 5.32 Å². The number of amides is 1. The lowest BCUT2D eigenvalue weighted by Crippen LogP contribution is -2.48. The molecule has 1 atom stereocenters. The van der Waals surface area contributed by atoms with Crippen molar-refractivity contribution in [3.8, 4) is 0 Å². The van der Waals surface area contributed by atoms with Gasteiger partial charge in [0, 0.05) is 26.2 Å². The van der Waals surface area contributed by atoms with Crippen LogP contribution in [-0.2, 0) is 26.0 Å². The van der Waals surface area contributed by atoms with Gasteiger partial charge in [-0.15, -0.1) is 0 Å². The molecule has 7 nitrogen and oxygen atoms in total. The summed E-state index contributed by atoms with van der Waals surface area (Å²) in [6, 6.07) is 11.6. The molecular formula is C20H22N2O5S. The maximum absolute atomic E-state index is 12.9. The van der Waals surface area contributed by atoms with Crippen molar-refractivity contribution in [2.75, 3.05) is 19.4 Å². The largest absolute Gasteiger partial charge is 0.445 e. The van der Waals surface area contributed by atoms with E-state index in [1.54, 1.807) is 50.2 Å². The van der Waals surface area contributed by atoms with Crippen molar-refractivity contribution < 1.29 is 22.7 Å². The number of fused-ring (bicyclic) bond motifs is 1. The van der Waals surface area contributed by atoms with Crippen LogP contribution in [0.5, 0.6) is 0 Å². The van der Waals surface area contributed by atoms with Gasteiger partial charge in [-0.2, -0.15) is 0 Å². The zero-order valence-corrected chi connectivity index (χ0v) is 17.0. The minimum atomic E-state index is -3.66. The second-order valence-electron chi connectivity index (χ2n) is 7.18. The zero-order chi connectivity index (χ0) is 20.7. The molecule has 0 bridgehead atoms. The highest BCUT2D eigenvalue weighted by Crippen LogP contribution is 2.30. The van der Waals surface area contributed by atoms with Gasteiger partial charge in [-0.3, -0.25) is 4.79 Å². The molecule has 1 amide bonds. The van der Waals surface area contributed by atoms with Crippen LogP contribution in [0.2, 0.25) is 0 Å². The number of nitrogens with zero attached hydrogens (tertiary/aromatic N) is 1. The summed E-state index contributed by atoms with van der Waals surface area (Å²) in [6.07, 6.45) is 0.232. The van der Waals surface area contributed by atoms with Crippen LogP contribution in [0.15, 0.2) is 47.4 Å². The fourth-order valence-corrected chi connectivity index (χ4v) is 4.22. The standard InChI is InChI=1S/C20H22N2O5S/c1-13-9-10-15(11-17(13)28(25,26)22(3)4)21-19(24)20(2)12-14-7-5-6-8-16(14)18(23)27-20/h5-11H,12H2,1-4H3,(H,21,24). The summed E-state index contributed by atoms with van der Waals surface area (Å²) in [5.41, 5.74) is 0.665. The summed E-state index contributed by atoms with van der Waals surface area (Å²) in [6.45, 7) is 3.23. The topological polar surface area (TPSA) is 92.8 Å². The highest BCUT2D eigenvalue weighted by Gasteiger charge is 2.42. The average molecular weight is 402 g/mol. The molecule has 1 heterocycles. The zero-order valence-electron chi connectivity index (χ0n) is 16.1. The smallest absolute Gasteiger partial charge is 0.339 e. The summed E-state index contributed by atoms with van der Waals surface area (Å²) < 4.78 is 31.5. The van der Waals surface area contributed by atoms with Gasteiger partial charge in [0.2, 0.25) is 10.0 Å². The number of cyclic esters (lactones) is 1. The minimum Gasteiger partial charge on any atom is -0.445 e. The molecule has 0 aromatic heterocycles. The second-order valence-corrected chi connectivity index (χ2v) is 9.30. The molecule has 2 aromatic carbocycles. The Hall–Kier alpha value is -2.71. The molecule has 1 aliphatic rings. The van der Waals surface area contributed by atoms with E-state index in [4.69, 9.17) is 4.74 Å². The lowest BCUT2D eigenvalue weighted by atomic mass is 9.89. The van der Waals surface area contributed by atoms with E-state index < -0.39 is 27.5 Å². The quantitative estimate of drug-likeness (QED) is 0.793. The number of anilines is 1. The van der Waals surface area contributed by atoms with Gasteiger partial charge in [0.25, 0.3) is 5.91 Å². The van der Waals surface area contributed by atoms with Crippen molar-refractivity contribution in [2.45, 2.75) is 30.8 Å². The van der Waals surface area contributed by atoms with E-state index in [0.29, 0.717) is 16.8 Å². The number of nitrogens with one attached hydrogen (secondary N) is 1. The second kappa shape index (κ2) is 7.03. The number of aryl methyl sites for hydroxylation is 1. The van der Waals surface area contributed by atoms with Crippen molar-refractivity contribution in [3.63, 3.8) is 0 Å². The first-order chi connectivity index (χ1) is 13.0. The Bertz CT molecular complexity index is 1060. The Morgan fingerprint density at radius 1 is 1.18 bits per heavy atom. The lowest BCUT2D eigenvalue weighted by molar-refractivity contribution is -0.134. The van der Waals surface area contributed by atoms with Crippen molar-refractivity contribution >= 4 is 27.6 Å². The molecule has 3 rings (SSSR count). The van der Waals surface area contributed by atoms with Crippen molar-refractivity contribution in [1.29, 1.82) is 0 Å². The molecule has 8 heteroatoms. The minimum absolute atomic E-state index is 0.103. The number of sulfonamides is 1. The SMILES string of the molecule is Cc1ccc(NC(=O)C2(C)Cc3ccccc3C(=O)O2)cc1S(=O)(=O)N(C)C. The highest BCUT2D eigenvalue weighted by molar-refractivity contribution is 7.89. The van der Waals surface area contributed by atoms with Crippen LogP contribution in [0.3, 0.4) is 0 Å². The number of esters is 1. The molecule has 148 valence electrons. The molecule has 1 N–H and O–H groups in total. The van der Waals surface area contributed by atoms with Gasteiger partial charge in [-0.1, -0.05) is 24.3 Å². The van der Waals surface area contributed by atoms with Gasteiger partial charge in [0.15, 0.2) is 5.60 Å². The third-order valence-electron chi connectivity index (χ3n) is 4.77. The number of rotatable bonds is 4. The van der Waals surface area contributed by atoms with E-state index in [-0.39, 0.29) is 11.3 Å². The Labute approximate surface area is 164 Å². The van der Waals surface area contributed by atoms with E-state index in [2.05, 4.69) is 5.32 Å². The Morgan fingerprint density at radius 3 is 2.54 bits per heavy atom. The van der Waals surface area contributed by atoms with E-state index in [9.17, 15) is 18.0 Å². The van der Waals surface area contributed by atoms with Crippen LogP contribution in [-0.4, -0.2) is 44.3 Å². The van der Waals surface area contributed by atoms with Gasteiger partial charge in [-0.25, -0.2) is 17.5 Å². The lowest BCUT2D eigenvalue weighted by Gasteiger charge is -2.33. The molecule has 0 saturated carbocycles. The van der Waals surface area contributed by atoms with Crippen molar-refractivity contribution in [2.24, 2.45) is 0 Å². The number of benzene rings is 2. The van der Waals surface area contributed by atoms with Crippen LogP contribution in [0.1, 0.15) is 28.4 Å². The van der Waals surface area contributed by atoms with E-state index in [1.807, 2.05) is 0 Å². The summed E-state index contributed by atoms with van der Waals surface area (Å²) >= 11 is 0. The van der Waals surface area contributed by atoms with E-state index in [0.717, 1.165) is 9.87 Å². The first-order valence-electron chi connectivity index (χ1n) is 8.70. The number of carbonyl (C=O) groups is 2. The Morgan fingerprint density at radius 2 is 1.86 bits per heavy atom. The molecule has 1 aliphatic heterocycles. The normalized spacial score (nSPS) is 19.1. The number of hydrogen-bond acceptors (Lipinski definition) is 5. The van der Waals surface area contributed by atoms with Gasteiger partial charge in [-0.05, 0) is 43.2 Å².